The molecule has 0 saturated heterocycles. The van der Waals surface area contributed by atoms with Crippen molar-refractivity contribution in [2.24, 2.45) is 11.7 Å². The van der Waals surface area contributed by atoms with Crippen LogP contribution in [0.3, 0.4) is 0 Å². The van der Waals surface area contributed by atoms with Crippen molar-refractivity contribution in [2.45, 2.75) is 38.6 Å². The lowest BCUT2D eigenvalue weighted by Crippen LogP contribution is -2.29. The van der Waals surface area contributed by atoms with Gasteiger partial charge in [-0.15, -0.1) is 0 Å². The van der Waals surface area contributed by atoms with Gasteiger partial charge in [-0.3, -0.25) is 0 Å². The van der Waals surface area contributed by atoms with E-state index in [-0.39, 0.29) is 5.82 Å². The normalized spacial score (nSPS) is 24.6. The largest absolute Gasteiger partial charge is 0.367 e. The number of hydrogen-bond donors (Lipinski definition) is 2. The molecule has 1 aromatic heterocycles. The molecule has 2 rings (SSSR count). The standard InChI is InChI=1S/C12H19FN4/c1-8-11(13)12(17-7-16-8)15-6-9-2-4-10(14)5-3-9/h7,9-10H,2-6,14H2,1H3,(H,15,16,17). The Bertz CT molecular complexity index is 375. The minimum atomic E-state index is -0.347. The summed E-state index contributed by atoms with van der Waals surface area (Å²) in [5.41, 5.74) is 6.23. The van der Waals surface area contributed by atoms with E-state index in [1.54, 1.807) is 6.92 Å². The fraction of sp³-hybridized carbons (Fsp3) is 0.667. The second-order valence-electron chi connectivity index (χ2n) is 4.78. The third-order valence-electron chi connectivity index (χ3n) is 3.41. The molecular weight excluding hydrogens is 219 g/mol. The minimum absolute atomic E-state index is 0.312. The van der Waals surface area contributed by atoms with Gasteiger partial charge in [0.2, 0.25) is 0 Å². The Morgan fingerprint density at radius 1 is 1.35 bits per heavy atom. The number of nitrogens with two attached hydrogens (primary N) is 1. The van der Waals surface area contributed by atoms with Crippen molar-refractivity contribution in [2.75, 3.05) is 11.9 Å². The summed E-state index contributed by atoms with van der Waals surface area (Å²) in [6.45, 7) is 2.40. The number of rotatable bonds is 3. The van der Waals surface area contributed by atoms with Crippen molar-refractivity contribution in [1.82, 2.24) is 9.97 Å². The highest BCUT2D eigenvalue weighted by Crippen LogP contribution is 2.23. The van der Waals surface area contributed by atoms with Crippen LogP contribution < -0.4 is 11.1 Å². The van der Waals surface area contributed by atoms with E-state index in [2.05, 4.69) is 15.3 Å². The zero-order valence-corrected chi connectivity index (χ0v) is 10.1. The molecule has 0 bridgehead atoms. The number of nitrogens with zero attached hydrogens (tertiary/aromatic N) is 2. The molecule has 0 atom stereocenters. The van der Waals surface area contributed by atoms with Gasteiger partial charge in [0, 0.05) is 12.6 Å². The van der Waals surface area contributed by atoms with Gasteiger partial charge in [0.25, 0.3) is 0 Å². The molecule has 1 aliphatic rings. The van der Waals surface area contributed by atoms with E-state index >= 15 is 0 Å². The summed E-state index contributed by atoms with van der Waals surface area (Å²) in [6, 6.07) is 0.351. The molecule has 1 aromatic rings. The average Bonchev–Trinajstić information content (AvgIpc) is 2.33. The number of aromatic nitrogens is 2. The molecule has 94 valence electrons. The van der Waals surface area contributed by atoms with Crippen molar-refractivity contribution in [3.63, 3.8) is 0 Å². The molecular formula is C12H19FN4. The van der Waals surface area contributed by atoms with Crippen LogP contribution in [0.1, 0.15) is 31.4 Å². The Kier molecular flexibility index (Phi) is 3.89. The Hall–Kier alpha value is -1.23. The van der Waals surface area contributed by atoms with Crippen LogP contribution in [0.15, 0.2) is 6.33 Å². The third-order valence-corrected chi connectivity index (χ3v) is 3.41. The molecule has 0 unspecified atom stereocenters. The van der Waals surface area contributed by atoms with Gasteiger partial charge in [0.05, 0.1) is 5.69 Å². The molecule has 0 amide bonds. The highest BCUT2D eigenvalue weighted by molar-refractivity contribution is 5.36. The molecule has 4 nitrogen and oxygen atoms in total. The second kappa shape index (κ2) is 5.40. The first-order valence-electron chi connectivity index (χ1n) is 6.13. The summed E-state index contributed by atoms with van der Waals surface area (Å²) >= 11 is 0. The van der Waals surface area contributed by atoms with E-state index in [0.717, 1.165) is 32.2 Å². The van der Waals surface area contributed by atoms with Crippen molar-refractivity contribution in [3.05, 3.63) is 17.8 Å². The molecule has 5 heteroatoms. The highest BCUT2D eigenvalue weighted by atomic mass is 19.1. The van der Waals surface area contributed by atoms with Crippen LogP contribution >= 0.6 is 0 Å². The molecule has 3 N–H and O–H groups in total. The van der Waals surface area contributed by atoms with Gasteiger partial charge in [0.15, 0.2) is 11.6 Å². The summed E-state index contributed by atoms with van der Waals surface area (Å²) < 4.78 is 13.6. The Morgan fingerprint density at radius 3 is 2.76 bits per heavy atom. The molecule has 0 radical (unpaired) electrons. The fourth-order valence-electron chi connectivity index (χ4n) is 2.21. The molecule has 1 aliphatic carbocycles. The van der Waals surface area contributed by atoms with E-state index in [0.29, 0.717) is 23.5 Å². The number of hydrogen-bond acceptors (Lipinski definition) is 4. The smallest absolute Gasteiger partial charge is 0.186 e. The topological polar surface area (TPSA) is 63.8 Å². The van der Waals surface area contributed by atoms with Gasteiger partial charge < -0.3 is 11.1 Å². The maximum absolute atomic E-state index is 13.6. The van der Waals surface area contributed by atoms with Crippen molar-refractivity contribution in [3.8, 4) is 0 Å². The summed E-state index contributed by atoms with van der Waals surface area (Å²) in [6.07, 6.45) is 5.74. The number of anilines is 1. The molecule has 17 heavy (non-hydrogen) atoms. The van der Waals surface area contributed by atoms with E-state index in [4.69, 9.17) is 5.73 Å². The van der Waals surface area contributed by atoms with E-state index in [1.807, 2.05) is 0 Å². The number of aryl methyl sites for hydroxylation is 1. The highest BCUT2D eigenvalue weighted by Gasteiger charge is 2.19. The first-order valence-corrected chi connectivity index (χ1v) is 6.13. The number of nitrogens with one attached hydrogen (secondary N) is 1. The lowest BCUT2D eigenvalue weighted by atomic mass is 9.86. The summed E-state index contributed by atoms with van der Waals surface area (Å²) in [5, 5.41) is 3.07. The summed E-state index contributed by atoms with van der Waals surface area (Å²) in [7, 11) is 0. The number of halogens is 1. The lowest BCUT2D eigenvalue weighted by molar-refractivity contribution is 0.338. The molecule has 0 aromatic carbocycles. The zero-order chi connectivity index (χ0) is 12.3. The fourth-order valence-corrected chi connectivity index (χ4v) is 2.21. The average molecular weight is 238 g/mol. The maximum Gasteiger partial charge on any atom is 0.186 e. The molecule has 1 fully saturated rings. The zero-order valence-electron chi connectivity index (χ0n) is 10.1. The molecule has 1 saturated carbocycles. The Labute approximate surface area is 101 Å². The quantitative estimate of drug-likeness (QED) is 0.843. The van der Waals surface area contributed by atoms with Crippen LogP contribution in [-0.2, 0) is 0 Å². The molecule has 0 spiro atoms. The van der Waals surface area contributed by atoms with Crippen molar-refractivity contribution >= 4 is 5.82 Å². The second-order valence-corrected chi connectivity index (χ2v) is 4.78. The first-order chi connectivity index (χ1) is 8.16. The summed E-state index contributed by atoms with van der Waals surface area (Å²) in [5.74, 6) is 0.539. The van der Waals surface area contributed by atoms with Crippen LogP contribution in [0.4, 0.5) is 10.2 Å². The van der Waals surface area contributed by atoms with Crippen LogP contribution in [0.25, 0.3) is 0 Å². The SMILES string of the molecule is Cc1ncnc(NCC2CCC(N)CC2)c1F. The van der Waals surface area contributed by atoms with E-state index in [1.165, 1.54) is 6.33 Å². The van der Waals surface area contributed by atoms with Crippen LogP contribution in [0.5, 0.6) is 0 Å². The van der Waals surface area contributed by atoms with Gasteiger partial charge in [-0.2, -0.15) is 0 Å². The first kappa shape index (κ1) is 12.2. The van der Waals surface area contributed by atoms with Gasteiger partial charge in [-0.1, -0.05) is 0 Å². The van der Waals surface area contributed by atoms with E-state index in [9.17, 15) is 4.39 Å². The van der Waals surface area contributed by atoms with Crippen LogP contribution in [-0.4, -0.2) is 22.6 Å². The third kappa shape index (κ3) is 3.12. The van der Waals surface area contributed by atoms with Crippen LogP contribution in [0.2, 0.25) is 0 Å². The van der Waals surface area contributed by atoms with Gasteiger partial charge in [0.1, 0.15) is 6.33 Å². The predicted molar refractivity (Wildman–Crippen MR) is 65.2 cm³/mol. The van der Waals surface area contributed by atoms with Gasteiger partial charge in [-0.05, 0) is 38.5 Å². The van der Waals surface area contributed by atoms with Gasteiger partial charge >= 0.3 is 0 Å². The predicted octanol–water partition coefficient (Wildman–Crippen LogP) is 1.85. The lowest BCUT2D eigenvalue weighted by Gasteiger charge is -2.26. The minimum Gasteiger partial charge on any atom is -0.367 e. The Morgan fingerprint density at radius 2 is 2.06 bits per heavy atom. The van der Waals surface area contributed by atoms with Crippen LogP contribution in [0, 0.1) is 18.7 Å². The Balaban J connectivity index is 1.87. The summed E-state index contributed by atoms with van der Waals surface area (Å²) in [4.78, 5) is 7.72. The molecule has 1 heterocycles. The van der Waals surface area contributed by atoms with E-state index < -0.39 is 0 Å². The van der Waals surface area contributed by atoms with Gasteiger partial charge in [-0.25, -0.2) is 14.4 Å². The maximum atomic E-state index is 13.6. The van der Waals surface area contributed by atoms with Crippen molar-refractivity contribution in [1.29, 1.82) is 0 Å². The van der Waals surface area contributed by atoms with Crippen molar-refractivity contribution < 1.29 is 4.39 Å². The monoisotopic (exact) mass is 238 g/mol. The molecule has 0 aliphatic heterocycles.